The molecule has 0 unspecified atom stereocenters. The van der Waals surface area contributed by atoms with Crippen LogP contribution in [0.3, 0.4) is 0 Å². The van der Waals surface area contributed by atoms with E-state index in [1.165, 1.54) is 12.0 Å². The van der Waals surface area contributed by atoms with E-state index < -0.39 is 0 Å². The lowest BCUT2D eigenvalue weighted by molar-refractivity contribution is -0.150. The Morgan fingerprint density at radius 1 is 1.19 bits per heavy atom. The summed E-state index contributed by atoms with van der Waals surface area (Å²) in [5, 5.41) is 0. The molecule has 0 amide bonds. The molecule has 27 heavy (non-hydrogen) atoms. The van der Waals surface area contributed by atoms with Gasteiger partial charge in [-0.3, -0.25) is 0 Å². The maximum atomic E-state index is 12.5. The van der Waals surface area contributed by atoms with Crippen molar-refractivity contribution in [1.82, 2.24) is 0 Å². The van der Waals surface area contributed by atoms with Crippen LogP contribution >= 0.6 is 0 Å². The summed E-state index contributed by atoms with van der Waals surface area (Å²) >= 11 is 0. The first-order valence-electron chi connectivity index (χ1n) is 10.2. The third-order valence-electron chi connectivity index (χ3n) is 6.18. The van der Waals surface area contributed by atoms with E-state index in [0.717, 1.165) is 25.7 Å². The zero-order chi connectivity index (χ0) is 19.3. The van der Waals surface area contributed by atoms with Crippen LogP contribution in [0, 0.1) is 11.8 Å². The SMILES string of the molecule is C[C@@H]1CC[C@@H](C(C)(C)c2ccccc2)[C@H](OC(=O)/C=C\[C@@H]2CCC=CO2)C1. The Labute approximate surface area is 163 Å². The average Bonchev–Trinajstić information content (AvgIpc) is 2.68. The molecule has 1 aliphatic heterocycles. The first-order chi connectivity index (χ1) is 13.0. The van der Waals surface area contributed by atoms with Gasteiger partial charge in [0.15, 0.2) is 0 Å². The molecule has 0 saturated heterocycles. The van der Waals surface area contributed by atoms with Crippen molar-refractivity contribution in [3.05, 3.63) is 60.4 Å². The van der Waals surface area contributed by atoms with E-state index in [1.807, 2.05) is 18.2 Å². The third kappa shape index (κ3) is 5.03. The third-order valence-corrected chi connectivity index (χ3v) is 6.18. The fraction of sp³-hybridized carbons (Fsp3) is 0.542. The number of hydrogen-bond acceptors (Lipinski definition) is 3. The van der Waals surface area contributed by atoms with Gasteiger partial charge in [-0.2, -0.15) is 0 Å². The minimum Gasteiger partial charge on any atom is -0.494 e. The van der Waals surface area contributed by atoms with E-state index in [1.54, 1.807) is 12.3 Å². The monoisotopic (exact) mass is 368 g/mol. The highest BCUT2D eigenvalue weighted by Gasteiger charge is 2.41. The summed E-state index contributed by atoms with van der Waals surface area (Å²) in [5.74, 6) is 0.657. The number of esters is 1. The van der Waals surface area contributed by atoms with Gasteiger partial charge in [-0.15, -0.1) is 0 Å². The predicted octanol–water partition coefficient (Wildman–Crippen LogP) is 5.56. The lowest BCUT2D eigenvalue weighted by Crippen LogP contribution is -2.43. The maximum absolute atomic E-state index is 12.5. The number of hydrogen-bond donors (Lipinski definition) is 0. The Morgan fingerprint density at radius 3 is 2.67 bits per heavy atom. The molecule has 0 aromatic heterocycles. The molecule has 146 valence electrons. The van der Waals surface area contributed by atoms with E-state index in [2.05, 4.69) is 45.0 Å². The molecule has 3 nitrogen and oxygen atoms in total. The summed E-state index contributed by atoms with van der Waals surface area (Å²) < 4.78 is 11.5. The van der Waals surface area contributed by atoms with Gasteiger partial charge in [0.1, 0.15) is 12.2 Å². The van der Waals surface area contributed by atoms with Crippen LogP contribution in [0.5, 0.6) is 0 Å². The highest BCUT2D eigenvalue weighted by Crippen LogP contribution is 2.43. The first-order valence-corrected chi connectivity index (χ1v) is 10.2. The van der Waals surface area contributed by atoms with Gasteiger partial charge in [-0.1, -0.05) is 57.5 Å². The van der Waals surface area contributed by atoms with Crippen molar-refractivity contribution in [2.24, 2.45) is 11.8 Å². The van der Waals surface area contributed by atoms with Crippen LogP contribution in [-0.2, 0) is 19.7 Å². The lowest BCUT2D eigenvalue weighted by atomic mass is 9.64. The molecule has 0 radical (unpaired) electrons. The quantitative estimate of drug-likeness (QED) is 0.504. The van der Waals surface area contributed by atoms with Gasteiger partial charge >= 0.3 is 5.97 Å². The number of ether oxygens (including phenoxy) is 2. The van der Waals surface area contributed by atoms with Gasteiger partial charge in [-0.25, -0.2) is 4.79 Å². The zero-order valence-corrected chi connectivity index (χ0v) is 16.8. The second kappa shape index (κ2) is 8.77. The van der Waals surface area contributed by atoms with Crippen LogP contribution in [0.15, 0.2) is 54.8 Å². The van der Waals surface area contributed by atoms with Crippen molar-refractivity contribution in [2.75, 3.05) is 0 Å². The highest BCUT2D eigenvalue weighted by atomic mass is 16.5. The van der Waals surface area contributed by atoms with E-state index in [9.17, 15) is 4.79 Å². The second-order valence-electron chi connectivity index (χ2n) is 8.57. The van der Waals surface area contributed by atoms with Gasteiger partial charge < -0.3 is 9.47 Å². The minimum atomic E-state index is -0.249. The number of allylic oxidation sites excluding steroid dienone is 1. The van der Waals surface area contributed by atoms with Crippen LogP contribution in [0.4, 0.5) is 0 Å². The topological polar surface area (TPSA) is 35.5 Å². The summed E-state index contributed by atoms with van der Waals surface area (Å²) in [7, 11) is 0. The average molecular weight is 369 g/mol. The van der Waals surface area contributed by atoms with Crippen LogP contribution in [0.2, 0.25) is 0 Å². The molecule has 3 rings (SSSR count). The van der Waals surface area contributed by atoms with Crippen LogP contribution in [0.1, 0.15) is 58.4 Å². The fourth-order valence-electron chi connectivity index (χ4n) is 4.44. The van der Waals surface area contributed by atoms with Crippen molar-refractivity contribution in [1.29, 1.82) is 0 Å². The van der Waals surface area contributed by atoms with Crippen molar-refractivity contribution in [2.45, 2.75) is 70.5 Å². The fourth-order valence-corrected chi connectivity index (χ4v) is 4.44. The summed E-state index contributed by atoms with van der Waals surface area (Å²) in [5.41, 5.74) is 1.27. The van der Waals surface area contributed by atoms with Crippen molar-refractivity contribution in [3.63, 3.8) is 0 Å². The molecular weight excluding hydrogens is 336 g/mol. The maximum Gasteiger partial charge on any atom is 0.330 e. The Kier molecular flexibility index (Phi) is 6.41. The summed E-state index contributed by atoms with van der Waals surface area (Å²) in [6.45, 7) is 6.81. The van der Waals surface area contributed by atoms with Gasteiger partial charge in [0.05, 0.1) is 6.26 Å². The molecule has 4 atom stereocenters. The molecule has 0 bridgehead atoms. The van der Waals surface area contributed by atoms with Gasteiger partial charge in [0.25, 0.3) is 0 Å². The molecular formula is C24H32O3. The van der Waals surface area contributed by atoms with E-state index in [4.69, 9.17) is 9.47 Å². The van der Waals surface area contributed by atoms with Crippen molar-refractivity contribution in [3.8, 4) is 0 Å². The van der Waals surface area contributed by atoms with Crippen molar-refractivity contribution >= 4 is 5.97 Å². The smallest absolute Gasteiger partial charge is 0.330 e. The summed E-state index contributed by atoms with van der Waals surface area (Å²) in [4.78, 5) is 12.5. The molecule has 1 saturated carbocycles. The number of carbonyl (C=O) groups is 1. The molecule has 3 heteroatoms. The van der Waals surface area contributed by atoms with Gasteiger partial charge in [0, 0.05) is 12.0 Å². The van der Waals surface area contributed by atoms with Crippen LogP contribution in [0.25, 0.3) is 0 Å². The number of rotatable bonds is 5. The molecule has 0 spiro atoms. The standard InChI is InChI=1S/C24H32O3/c1-18-12-14-21(24(2,3)19-9-5-4-6-10-19)22(17-18)27-23(25)15-13-20-11-7-8-16-26-20/h4-6,8-10,13,15-16,18,20-22H,7,11-12,14,17H2,1-3H3/b15-13-/t18-,20+,21-,22-/m1/s1. The molecule has 1 aromatic carbocycles. The second-order valence-corrected chi connectivity index (χ2v) is 8.57. The Morgan fingerprint density at radius 2 is 1.96 bits per heavy atom. The van der Waals surface area contributed by atoms with E-state index in [0.29, 0.717) is 11.8 Å². The highest BCUT2D eigenvalue weighted by molar-refractivity contribution is 5.82. The molecule has 1 aliphatic carbocycles. The van der Waals surface area contributed by atoms with E-state index in [-0.39, 0.29) is 23.6 Å². The van der Waals surface area contributed by atoms with Crippen LogP contribution in [-0.4, -0.2) is 18.2 Å². The number of carbonyl (C=O) groups excluding carboxylic acids is 1. The molecule has 1 heterocycles. The molecule has 1 fully saturated rings. The number of benzene rings is 1. The van der Waals surface area contributed by atoms with Gasteiger partial charge in [0.2, 0.25) is 0 Å². The zero-order valence-electron chi connectivity index (χ0n) is 16.8. The summed E-state index contributed by atoms with van der Waals surface area (Å²) in [6.07, 6.45) is 12.1. The predicted molar refractivity (Wildman–Crippen MR) is 108 cm³/mol. The lowest BCUT2D eigenvalue weighted by Gasteiger charge is -2.43. The van der Waals surface area contributed by atoms with Crippen molar-refractivity contribution < 1.29 is 14.3 Å². The van der Waals surface area contributed by atoms with Crippen LogP contribution < -0.4 is 0 Å². The Balaban J connectivity index is 1.69. The van der Waals surface area contributed by atoms with E-state index >= 15 is 0 Å². The largest absolute Gasteiger partial charge is 0.494 e. The molecule has 1 aromatic rings. The van der Waals surface area contributed by atoms with Gasteiger partial charge in [-0.05, 0) is 54.7 Å². The molecule has 2 aliphatic rings. The Hall–Kier alpha value is -2.03. The Bertz CT molecular complexity index is 674. The normalized spacial score (nSPS) is 28.7. The molecule has 0 N–H and O–H groups in total. The first kappa shape index (κ1) is 19.7. The summed E-state index contributed by atoms with van der Waals surface area (Å²) in [6, 6.07) is 10.6. The minimum absolute atomic E-state index is 0.0237.